The smallest absolute Gasteiger partial charge is 0.416 e. The third kappa shape index (κ3) is 8.91. The number of hydrogen-bond acceptors (Lipinski definition) is 6. The van der Waals surface area contributed by atoms with Gasteiger partial charge in [-0.2, -0.15) is 13.2 Å². The van der Waals surface area contributed by atoms with Crippen molar-refractivity contribution in [3.63, 3.8) is 0 Å². The fourth-order valence-electron chi connectivity index (χ4n) is 3.66. The molecule has 0 aromatic heterocycles. The number of nitrogens with one attached hydrogen (secondary N) is 1. The lowest BCUT2D eigenvalue weighted by molar-refractivity contribution is -0.137. The van der Waals surface area contributed by atoms with Gasteiger partial charge in [0.15, 0.2) is 12.4 Å². The van der Waals surface area contributed by atoms with E-state index in [0.29, 0.717) is 29.1 Å². The highest BCUT2D eigenvalue weighted by atomic mass is 35.5. The van der Waals surface area contributed by atoms with Crippen LogP contribution in [0.1, 0.15) is 33.5 Å². The number of amides is 1. The van der Waals surface area contributed by atoms with Gasteiger partial charge < -0.3 is 14.8 Å². The van der Waals surface area contributed by atoms with E-state index in [-0.39, 0.29) is 41.2 Å². The highest BCUT2D eigenvalue weighted by molar-refractivity contribution is 7.89. The molecule has 0 aliphatic heterocycles. The Labute approximate surface area is 245 Å². The monoisotopic (exact) mass is 630 g/mol. The van der Waals surface area contributed by atoms with Crippen molar-refractivity contribution >= 4 is 39.0 Å². The van der Waals surface area contributed by atoms with E-state index in [1.807, 2.05) is 0 Å². The maximum atomic E-state index is 13.9. The van der Waals surface area contributed by atoms with E-state index in [1.165, 1.54) is 26.2 Å². The van der Waals surface area contributed by atoms with Crippen LogP contribution in [0.2, 0.25) is 5.02 Å². The molecule has 3 aromatic rings. The lowest BCUT2D eigenvalue weighted by Gasteiger charge is -2.14. The number of ether oxygens (including phenoxy) is 2. The highest BCUT2D eigenvalue weighted by Crippen LogP contribution is 2.32. The van der Waals surface area contributed by atoms with Gasteiger partial charge in [0.25, 0.3) is 5.91 Å². The minimum Gasteiger partial charge on any atom is -0.494 e. The van der Waals surface area contributed by atoms with Crippen molar-refractivity contribution in [3.05, 3.63) is 87.7 Å². The van der Waals surface area contributed by atoms with Crippen LogP contribution in [0.5, 0.6) is 11.5 Å². The topological polar surface area (TPSA) is 102 Å². The second-order valence-corrected chi connectivity index (χ2v) is 12.0. The molecule has 3 rings (SSSR count). The molecule has 0 heterocycles. The summed E-state index contributed by atoms with van der Waals surface area (Å²) in [6.45, 7) is 1.31. The molecular weight excluding hydrogens is 604 g/mol. The lowest BCUT2D eigenvalue weighted by atomic mass is 10.00. The van der Waals surface area contributed by atoms with Gasteiger partial charge in [-0.1, -0.05) is 11.6 Å². The van der Waals surface area contributed by atoms with Gasteiger partial charge in [0, 0.05) is 30.4 Å². The number of alkyl halides is 3. The second kappa shape index (κ2) is 13.5. The third-order valence-electron chi connectivity index (χ3n) is 5.88. The van der Waals surface area contributed by atoms with Crippen molar-refractivity contribution in [1.29, 1.82) is 0 Å². The van der Waals surface area contributed by atoms with Crippen LogP contribution in [0.4, 0.5) is 23.2 Å². The fourth-order valence-corrected chi connectivity index (χ4v) is 4.68. The fraction of sp³-hybridized carbons (Fsp3) is 0.286. The van der Waals surface area contributed by atoms with Gasteiger partial charge in [0.2, 0.25) is 10.0 Å². The molecule has 0 bridgehead atoms. The van der Waals surface area contributed by atoms with E-state index < -0.39 is 51.4 Å². The van der Waals surface area contributed by atoms with Crippen molar-refractivity contribution < 1.29 is 45.0 Å². The number of halogens is 5. The maximum absolute atomic E-state index is 13.9. The predicted molar refractivity (Wildman–Crippen MR) is 149 cm³/mol. The molecular formula is C28H27ClF4N2O6S. The number of ketones is 1. The van der Waals surface area contributed by atoms with Gasteiger partial charge in [-0.3, -0.25) is 9.59 Å². The highest BCUT2D eigenvalue weighted by Gasteiger charge is 2.32. The summed E-state index contributed by atoms with van der Waals surface area (Å²) < 4.78 is 89.1. The Hall–Kier alpha value is -3.68. The summed E-state index contributed by atoms with van der Waals surface area (Å²) in [4.78, 5) is 25.6. The van der Waals surface area contributed by atoms with E-state index >= 15 is 0 Å². The number of carbonyl (C=O) groups excluding carboxylic acids is 2. The van der Waals surface area contributed by atoms with Gasteiger partial charge >= 0.3 is 6.18 Å². The molecule has 3 aromatic carbocycles. The van der Waals surface area contributed by atoms with Crippen molar-refractivity contribution in [1.82, 2.24) is 4.31 Å². The summed E-state index contributed by atoms with van der Waals surface area (Å²) in [5.41, 5.74) is -1.10. The number of nitrogens with zero attached hydrogens (tertiary/aromatic N) is 1. The molecule has 8 nitrogen and oxygen atoms in total. The van der Waals surface area contributed by atoms with Crippen LogP contribution < -0.4 is 14.8 Å². The van der Waals surface area contributed by atoms with Crippen molar-refractivity contribution in [2.45, 2.75) is 19.5 Å². The average Bonchev–Trinajstić information content (AvgIpc) is 2.90. The molecule has 0 radical (unpaired) electrons. The van der Waals surface area contributed by atoms with Gasteiger partial charge in [0.1, 0.15) is 17.3 Å². The summed E-state index contributed by atoms with van der Waals surface area (Å²) in [5, 5.41) is 2.71. The first-order valence-electron chi connectivity index (χ1n) is 12.3. The molecule has 0 spiro atoms. The summed E-state index contributed by atoms with van der Waals surface area (Å²) in [6.07, 6.45) is -4.59. The van der Waals surface area contributed by atoms with Gasteiger partial charge in [-0.25, -0.2) is 17.1 Å². The first-order chi connectivity index (χ1) is 19.6. The largest absolute Gasteiger partial charge is 0.494 e. The lowest BCUT2D eigenvalue weighted by Crippen LogP contribution is -2.25. The van der Waals surface area contributed by atoms with Crippen LogP contribution in [0.25, 0.3) is 0 Å². The van der Waals surface area contributed by atoms with Crippen LogP contribution in [0.15, 0.2) is 54.6 Å². The Bertz CT molecular complexity index is 1580. The van der Waals surface area contributed by atoms with E-state index in [9.17, 15) is 35.6 Å². The van der Waals surface area contributed by atoms with Crippen molar-refractivity contribution in [2.75, 3.05) is 38.4 Å². The van der Waals surface area contributed by atoms with Crippen LogP contribution >= 0.6 is 11.6 Å². The van der Waals surface area contributed by atoms with Crippen LogP contribution in [-0.2, 0) is 21.0 Å². The van der Waals surface area contributed by atoms with Crippen LogP contribution in [0, 0.1) is 12.7 Å². The van der Waals surface area contributed by atoms with Crippen LogP contribution in [-0.4, -0.2) is 57.5 Å². The third-order valence-corrected chi connectivity index (χ3v) is 8.03. The number of aryl methyl sites for hydroxylation is 1. The summed E-state index contributed by atoms with van der Waals surface area (Å²) >= 11 is 5.98. The van der Waals surface area contributed by atoms with Crippen molar-refractivity contribution in [3.8, 4) is 11.5 Å². The number of carbonyl (C=O) groups is 2. The molecule has 42 heavy (non-hydrogen) atoms. The Morgan fingerprint density at radius 1 is 1.00 bits per heavy atom. The predicted octanol–water partition coefficient (Wildman–Crippen LogP) is 5.72. The van der Waals surface area contributed by atoms with Crippen LogP contribution in [0.3, 0.4) is 0 Å². The normalized spacial score (nSPS) is 11.8. The van der Waals surface area contributed by atoms with E-state index in [0.717, 1.165) is 10.4 Å². The average molecular weight is 631 g/mol. The number of rotatable bonds is 12. The minimum atomic E-state index is -4.87. The molecule has 0 atom stereocenters. The zero-order chi connectivity index (χ0) is 31.2. The van der Waals surface area contributed by atoms with E-state index in [2.05, 4.69) is 5.32 Å². The molecule has 1 N–H and O–H groups in total. The Balaban J connectivity index is 1.65. The molecule has 14 heteroatoms. The first-order valence-corrected chi connectivity index (χ1v) is 14.3. The molecule has 0 aliphatic rings. The summed E-state index contributed by atoms with van der Waals surface area (Å²) in [6, 6.07) is 10.1. The first kappa shape index (κ1) is 32.8. The Morgan fingerprint density at radius 3 is 2.36 bits per heavy atom. The molecule has 1 amide bonds. The minimum absolute atomic E-state index is 0.0646. The van der Waals surface area contributed by atoms with Crippen molar-refractivity contribution in [2.24, 2.45) is 0 Å². The van der Waals surface area contributed by atoms with E-state index in [1.54, 1.807) is 25.1 Å². The quantitative estimate of drug-likeness (QED) is 0.156. The molecule has 0 fully saturated rings. The standard InChI is InChI=1S/C28H27ClF4N2O6S/c1-17-11-22(40-9-4-10-42(38,39)35(2)3)6-7-24(17)34-26(36)16-41-25-8-5-20(29)15-23(25)27(37)18-12-19(28(31,32)33)14-21(30)13-18/h5-8,11-15H,4,9-10,16H2,1-3H3,(H,34,36). The van der Waals surface area contributed by atoms with Gasteiger partial charge in [0.05, 0.1) is 23.5 Å². The Kier molecular flexibility index (Phi) is 10.6. The number of benzene rings is 3. The Morgan fingerprint density at radius 2 is 1.71 bits per heavy atom. The summed E-state index contributed by atoms with van der Waals surface area (Å²) in [5.74, 6) is -2.58. The summed E-state index contributed by atoms with van der Waals surface area (Å²) in [7, 11) is -0.421. The zero-order valence-corrected chi connectivity index (χ0v) is 24.3. The number of sulfonamides is 1. The molecule has 0 saturated carbocycles. The SMILES string of the molecule is Cc1cc(OCCCS(=O)(=O)N(C)C)ccc1NC(=O)COc1ccc(Cl)cc1C(=O)c1cc(F)cc(C(F)(F)F)c1. The van der Waals surface area contributed by atoms with E-state index in [4.69, 9.17) is 21.1 Å². The van der Waals surface area contributed by atoms with Gasteiger partial charge in [-0.05, 0) is 73.5 Å². The van der Waals surface area contributed by atoms with Gasteiger partial charge in [-0.15, -0.1) is 0 Å². The maximum Gasteiger partial charge on any atom is 0.416 e. The molecule has 0 unspecified atom stereocenters. The number of anilines is 1. The molecule has 0 aliphatic carbocycles. The molecule has 0 saturated heterocycles. The number of hydrogen-bond donors (Lipinski definition) is 1. The zero-order valence-electron chi connectivity index (χ0n) is 22.7. The second-order valence-electron chi connectivity index (χ2n) is 9.31. The molecule has 226 valence electrons.